The standard InChI is InChI=1S/C11H19NO4/c1-11(2,3)16-10(15)12-8-5-4-7(6-8)9(13)14/h7-8H,4-6H2,1-3H3,(H,12,15)(H,13,14)/p-1/t7-,8+/m1/s1. The van der Waals surface area contributed by atoms with E-state index in [0.717, 1.165) is 0 Å². The van der Waals surface area contributed by atoms with E-state index in [1.807, 2.05) is 0 Å². The third kappa shape index (κ3) is 4.08. The Balaban J connectivity index is 2.34. The molecule has 0 bridgehead atoms. The monoisotopic (exact) mass is 228 g/mol. The third-order valence-electron chi connectivity index (χ3n) is 2.49. The van der Waals surface area contributed by atoms with Crippen LogP contribution in [-0.2, 0) is 9.53 Å². The first-order valence-electron chi connectivity index (χ1n) is 5.48. The molecule has 0 aliphatic heterocycles. The minimum atomic E-state index is -1.03. The molecule has 0 aromatic rings. The van der Waals surface area contributed by atoms with E-state index in [-0.39, 0.29) is 6.04 Å². The van der Waals surface area contributed by atoms with E-state index >= 15 is 0 Å². The zero-order valence-electron chi connectivity index (χ0n) is 9.91. The number of aliphatic carboxylic acids is 1. The van der Waals surface area contributed by atoms with E-state index in [9.17, 15) is 14.7 Å². The van der Waals surface area contributed by atoms with Gasteiger partial charge in [-0.2, -0.15) is 0 Å². The first kappa shape index (κ1) is 12.8. The van der Waals surface area contributed by atoms with E-state index in [2.05, 4.69) is 5.32 Å². The molecule has 5 heteroatoms. The summed E-state index contributed by atoms with van der Waals surface area (Å²) in [6.07, 6.45) is 1.17. The fourth-order valence-electron chi connectivity index (χ4n) is 1.80. The number of alkyl carbamates (subject to hydrolysis) is 1. The van der Waals surface area contributed by atoms with Gasteiger partial charge >= 0.3 is 6.09 Å². The summed E-state index contributed by atoms with van der Waals surface area (Å²) in [5.41, 5.74) is -0.531. The van der Waals surface area contributed by atoms with Gasteiger partial charge in [0.25, 0.3) is 0 Å². The second-order valence-electron chi connectivity index (χ2n) is 5.17. The van der Waals surface area contributed by atoms with Crippen molar-refractivity contribution in [1.29, 1.82) is 0 Å². The van der Waals surface area contributed by atoms with Crippen molar-refractivity contribution in [3.8, 4) is 0 Å². The van der Waals surface area contributed by atoms with E-state index < -0.39 is 23.6 Å². The van der Waals surface area contributed by atoms with Crippen LogP contribution in [0.4, 0.5) is 4.79 Å². The molecule has 1 amide bonds. The van der Waals surface area contributed by atoms with Gasteiger partial charge in [-0.25, -0.2) is 4.79 Å². The largest absolute Gasteiger partial charge is 0.550 e. The molecular weight excluding hydrogens is 210 g/mol. The Kier molecular flexibility index (Phi) is 3.78. The highest BCUT2D eigenvalue weighted by Gasteiger charge is 2.28. The first-order valence-corrected chi connectivity index (χ1v) is 5.48. The summed E-state index contributed by atoms with van der Waals surface area (Å²) in [7, 11) is 0. The van der Waals surface area contributed by atoms with E-state index in [1.165, 1.54) is 0 Å². The van der Waals surface area contributed by atoms with E-state index in [0.29, 0.717) is 19.3 Å². The van der Waals surface area contributed by atoms with Gasteiger partial charge in [-0.05, 0) is 40.0 Å². The normalized spacial score (nSPS) is 25.2. The Morgan fingerprint density at radius 1 is 1.31 bits per heavy atom. The molecule has 0 spiro atoms. The highest BCUT2D eigenvalue weighted by atomic mass is 16.6. The molecule has 92 valence electrons. The second-order valence-corrected chi connectivity index (χ2v) is 5.17. The molecule has 1 rings (SSSR count). The number of rotatable bonds is 2. The maximum Gasteiger partial charge on any atom is 0.407 e. The number of ether oxygens (including phenoxy) is 1. The Labute approximate surface area is 95.2 Å². The summed E-state index contributed by atoms with van der Waals surface area (Å²) in [6, 6.07) is -0.113. The predicted molar refractivity (Wildman–Crippen MR) is 55.5 cm³/mol. The number of hydrogen-bond acceptors (Lipinski definition) is 4. The van der Waals surface area contributed by atoms with Crippen molar-refractivity contribution >= 4 is 12.1 Å². The van der Waals surface area contributed by atoms with Gasteiger partial charge in [0.15, 0.2) is 0 Å². The fraction of sp³-hybridized carbons (Fsp3) is 0.818. The van der Waals surface area contributed by atoms with Crippen molar-refractivity contribution in [3.63, 3.8) is 0 Å². The number of hydrogen-bond donors (Lipinski definition) is 1. The van der Waals surface area contributed by atoms with Crippen LogP contribution in [0.1, 0.15) is 40.0 Å². The summed E-state index contributed by atoms with van der Waals surface area (Å²) in [6.45, 7) is 5.35. The minimum Gasteiger partial charge on any atom is -0.550 e. The van der Waals surface area contributed by atoms with Crippen LogP contribution in [0.15, 0.2) is 0 Å². The lowest BCUT2D eigenvalue weighted by Crippen LogP contribution is -2.38. The van der Waals surface area contributed by atoms with Gasteiger partial charge in [0, 0.05) is 17.9 Å². The Bertz CT molecular complexity index is 282. The van der Waals surface area contributed by atoms with Crippen LogP contribution in [0, 0.1) is 5.92 Å². The van der Waals surface area contributed by atoms with Gasteiger partial charge in [-0.15, -0.1) is 0 Å². The zero-order valence-corrected chi connectivity index (χ0v) is 9.91. The van der Waals surface area contributed by atoms with Crippen molar-refractivity contribution < 1.29 is 19.4 Å². The predicted octanol–water partition coefficient (Wildman–Crippen LogP) is 0.430. The van der Waals surface area contributed by atoms with Crippen LogP contribution < -0.4 is 10.4 Å². The maximum atomic E-state index is 11.4. The molecule has 1 fully saturated rings. The van der Waals surface area contributed by atoms with Gasteiger partial charge in [-0.1, -0.05) is 0 Å². The topological polar surface area (TPSA) is 78.5 Å². The van der Waals surface area contributed by atoms with Gasteiger partial charge in [0.2, 0.25) is 0 Å². The maximum absolute atomic E-state index is 11.4. The van der Waals surface area contributed by atoms with Crippen LogP contribution in [0.5, 0.6) is 0 Å². The van der Waals surface area contributed by atoms with Crippen molar-refractivity contribution in [2.24, 2.45) is 5.92 Å². The molecule has 16 heavy (non-hydrogen) atoms. The van der Waals surface area contributed by atoms with Crippen LogP contribution in [0.25, 0.3) is 0 Å². The average Bonchev–Trinajstić information content (AvgIpc) is 2.48. The van der Waals surface area contributed by atoms with Gasteiger partial charge in [0.1, 0.15) is 5.60 Å². The number of nitrogens with one attached hydrogen (secondary N) is 1. The molecule has 0 aromatic carbocycles. The second kappa shape index (κ2) is 4.72. The fourth-order valence-corrected chi connectivity index (χ4v) is 1.80. The van der Waals surface area contributed by atoms with Crippen molar-refractivity contribution in [2.75, 3.05) is 0 Å². The highest BCUT2D eigenvalue weighted by molar-refractivity contribution is 5.70. The molecule has 1 saturated carbocycles. The van der Waals surface area contributed by atoms with E-state index in [1.54, 1.807) is 20.8 Å². The molecule has 5 nitrogen and oxygen atoms in total. The molecule has 0 aromatic heterocycles. The first-order chi connectivity index (χ1) is 7.28. The molecule has 0 radical (unpaired) electrons. The Hall–Kier alpha value is -1.26. The van der Waals surface area contributed by atoms with Crippen molar-refractivity contribution in [3.05, 3.63) is 0 Å². The Morgan fingerprint density at radius 3 is 2.38 bits per heavy atom. The number of carbonyl (C=O) groups excluding carboxylic acids is 2. The minimum absolute atomic E-state index is 0.113. The molecular formula is C11H18NO4-. The van der Waals surface area contributed by atoms with Crippen molar-refractivity contribution in [2.45, 2.75) is 51.7 Å². The zero-order chi connectivity index (χ0) is 12.3. The van der Waals surface area contributed by atoms with Crippen LogP contribution in [0.2, 0.25) is 0 Å². The van der Waals surface area contributed by atoms with Crippen LogP contribution in [-0.4, -0.2) is 23.7 Å². The van der Waals surface area contributed by atoms with Gasteiger partial charge in [0.05, 0.1) is 0 Å². The average molecular weight is 228 g/mol. The quantitative estimate of drug-likeness (QED) is 0.743. The van der Waals surface area contributed by atoms with Crippen LogP contribution in [0.3, 0.4) is 0 Å². The lowest BCUT2D eigenvalue weighted by Gasteiger charge is -2.21. The smallest absolute Gasteiger partial charge is 0.407 e. The third-order valence-corrected chi connectivity index (χ3v) is 2.49. The SMILES string of the molecule is CC(C)(C)OC(=O)N[C@H]1CC[C@@H](C(=O)[O-])C1. The molecule has 1 aliphatic rings. The van der Waals surface area contributed by atoms with Gasteiger partial charge < -0.3 is 20.0 Å². The Morgan fingerprint density at radius 2 is 1.94 bits per heavy atom. The molecule has 0 saturated heterocycles. The van der Waals surface area contributed by atoms with Crippen molar-refractivity contribution in [1.82, 2.24) is 5.32 Å². The van der Waals surface area contributed by atoms with Crippen LogP contribution >= 0.6 is 0 Å². The molecule has 0 heterocycles. The summed E-state index contributed by atoms with van der Waals surface area (Å²) in [5.74, 6) is -1.48. The van der Waals surface area contributed by atoms with Gasteiger partial charge in [-0.3, -0.25) is 0 Å². The summed E-state index contributed by atoms with van der Waals surface area (Å²) in [5, 5.41) is 13.3. The molecule has 0 unspecified atom stereocenters. The lowest BCUT2D eigenvalue weighted by atomic mass is 10.1. The summed E-state index contributed by atoms with van der Waals surface area (Å²) >= 11 is 0. The number of carbonyl (C=O) groups is 2. The molecule has 1 N–H and O–H groups in total. The number of carboxylic acids is 1. The summed E-state index contributed by atoms with van der Waals surface area (Å²) < 4.78 is 5.08. The number of carboxylic acid groups (broad SMARTS) is 1. The number of amides is 1. The highest BCUT2D eigenvalue weighted by Crippen LogP contribution is 2.25. The molecule has 1 aliphatic carbocycles. The van der Waals surface area contributed by atoms with E-state index in [4.69, 9.17) is 4.74 Å². The molecule has 2 atom stereocenters. The lowest BCUT2D eigenvalue weighted by molar-refractivity contribution is -0.311. The summed E-state index contributed by atoms with van der Waals surface area (Å²) in [4.78, 5) is 22.0.